The fourth-order valence-electron chi connectivity index (χ4n) is 2.62. The Kier molecular flexibility index (Phi) is 4.85. The third-order valence-electron chi connectivity index (χ3n) is 3.81. The van der Waals surface area contributed by atoms with Crippen LogP contribution in [-0.4, -0.2) is 22.2 Å². The maximum atomic E-state index is 12.4. The van der Waals surface area contributed by atoms with Crippen molar-refractivity contribution in [2.75, 3.05) is 6.54 Å². The van der Waals surface area contributed by atoms with E-state index in [-0.39, 0.29) is 11.9 Å². The molecular formula is C18H22N4O. The molecule has 5 heteroatoms. The summed E-state index contributed by atoms with van der Waals surface area (Å²) in [5, 5.41) is 16.6. The molecule has 0 saturated heterocycles. The molecule has 0 aliphatic rings. The van der Waals surface area contributed by atoms with Gasteiger partial charge >= 0.3 is 0 Å². The van der Waals surface area contributed by atoms with Crippen LogP contribution in [0.25, 0.3) is 11.3 Å². The molecule has 5 nitrogen and oxygen atoms in total. The molecule has 120 valence electrons. The number of hydrogen-bond acceptors (Lipinski definition) is 3. The summed E-state index contributed by atoms with van der Waals surface area (Å²) in [6.07, 6.45) is 0. The van der Waals surface area contributed by atoms with Gasteiger partial charge in [0.05, 0.1) is 17.3 Å². The minimum absolute atomic E-state index is 0.0829. The zero-order valence-electron chi connectivity index (χ0n) is 14.3. The van der Waals surface area contributed by atoms with E-state index in [1.165, 1.54) is 0 Å². The zero-order chi connectivity index (χ0) is 17.1. The molecule has 1 amide bonds. The predicted octanol–water partition coefficient (Wildman–Crippen LogP) is 3.37. The number of aromatic nitrogens is 2. The Bertz CT molecular complexity index is 781. The normalized spacial score (nSPS) is 10.7. The molecule has 0 spiro atoms. The molecule has 2 rings (SSSR count). The fraction of sp³-hybridized carbons (Fsp3) is 0.389. The van der Waals surface area contributed by atoms with E-state index in [0.717, 1.165) is 22.4 Å². The topological polar surface area (TPSA) is 70.7 Å². The minimum Gasteiger partial charge on any atom is -0.351 e. The van der Waals surface area contributed by atoms with E-state index in [2.05, 4.69) is 16.5 Å². The first kappa shape index (κ1) is 16.8. The Morgan fingerprint density at radius 3 is 2.61 bits per heavy atom. The largest absolute Gasteiger partial charge is 0.351 e. The van der Waals surface area contributed by atoms with Crippen LogP contribution in [0.2, 0.25) is 0 Å². The third-order valence-corrected chi connectivity index (χ3v) is 3.81. The molecule has 1 N–H and O–H groups in total. The van der Waals surface area contributed by atoms with Gasteiger partial charge in [-0.2, -0.15) is 10.4 Å². The number of nitriles is 1. The van der Waals surface area contributed by atoms with Gasteiger partial charge in [0.1, 0.15) is 5.69 Å². The molecule has 0 saturated carbocycles. The van der Waals surface area contributed by atoms with Gasteiger partial charge in [-0.05, 0) is 52.3 Å². The van der Waals surface area contributed by atoms with Crippen molar-refractivity contribution in [2.24, 2.45) is 0 Å². The molecular weight excluding hydrogens is 288 g/mol. The van der Waals surface area contributed by atoms with E-state index in [4.69, 9.17) is 5.26 Å². The van der Waals surface area contributed by atoms with E-state index in [1.807, 2.05) is 46.8 Å². The van der Waals surface area contributed by atoms with Crippen LogP contribution in [0.4, 0.5) is 0 Å². The highest BCUT2D eigenvalue weighted by atomic mass is 16.2. The third kappa shape index (κ3) is 3.11. The zero-order valence-corrected chi connectivity index (χ0v) is 14.3. The lowest BCUT2D eigenvalue weighted by atomic mass is 10.0. The van der Waals surface area contributed by atoms with Crippen LogP contribution in [0, 0.1) is 25.2 Å². The summed E-state index contributed by atoms with van der Waals surface area (Å²) in [5.41, 5.74) is 4.71. The number of amides is 1. The Balaban J connectivity index is 2.61. The quantitative estimate of drug-likeness (QED) is 0.941. The van der Waals surface area contributed by atoms with E-state index in [9.17, 15) is 4.79 Å². The second-order valence-electron chi connectivity index (χ2n) is 5.86. The summed E-state index contributed by atoms with van der Waals surface area (Å²) >= 11 is 0. The Morgan fingerprint density at radius 1 is 1.39 bits per heavy atom. The number of hydrogen-bond donors (Lipinski definition) is 1. The number of nitrogens with one attached hydrogen (secondary N) is 1. The number of rotatable bonds is 4. The number of aryl methyl sites for hydroxylation is 1. The smallest absolute Gasteiger partial charge is 0.269 e. The van der Waals surface area contributed by atoms with Crippen LogP contribution in [-0.2, 0) is 0 Å². The van der Waals surface area contributed by atoms with Crippen molar-refractivity contribution in [1.82, 2.24) is 15.1 Å². The monoisotopic (exact) mass is 310 g/mol. The van der Waals surface area contributed by atoms with Crippen molar-refractivity contribution < 1.29 is 4.79 Å². The van der Waals surface area contributed by atoms with Crippen LogP contribution in [0.3, 0.4) is 0 Å². The highest BCUT2D eigenvalue weighted by molar-refractivity contribution is 5.95. The first-order valence-electron chi connectivity index (χ1n) is 7.79. The first-order chi connectivity index (χ1) is 10.9. The molecule has 1 heterocycles. The number of carbonyl (C=O) groups is 1. The molecule has 0 aliphatic heterocycles. The summed E-state index contributed by atoms with van der Waals surface area (Å²) in [6, 6.07) is 7.87. The second kappa shape index (κ2) is 6.66. The SMILES string of the molecule is CCNC(=O)c1c(C)c(-c2ccc(C#N)c(C)c2)nn1C(C)C. The van der Waals surface area contributed by atoms with Gasteiger partial charge in [-0.1, -0.05) is 6.07 Å². The molecule has 0 unspecified atom stereocenters. The van der Waals surface area contributed by atoms with Crippen molar-refractivity contribution in [3.8, 4) is 17.3 Å². The first-order valence-corrected chi connectivity index (χ1v) is 7.79. The summed E-state index contributed by atoms with van der Waals surface area (Å²) in [5.74, 6) is -0.109. The van der Waals surface area contributed by atoms with Gasteiger partial charge in [0.25, 0.3) is 5.91 Å². The lowest BCUT2D eigenvalue weighted by Crippen LogP contribution is -2.27. The van der Waals surface area contributed by atoms with Crippen LogP contribution in [0.15, 0.2) is 18.2 Å². The van der Waals surface area contributed by atoms with Crippen molar-refractivity contribution in [3.63, 3.8) is 0 Å². The molecule has 2 aromatic rings. The van der Waals surface area contributed by atoms with Crippen molar-refractivity contribution >= 4 is 5.91 Å². The van der Waals surface area contributed by atoms with Crippen LogP contribution < -0.4 is 5.32 Å². The van der Waals surface area contributed by atoms with E-state index in [0.29, 0.717) is 17.8 Å². The van der Waals surface area contributed by atoms with Gasteiger partial charge in [0.2, 0.25) is 0 Å². The van der Waals surface area contributed by atoms with Gasteiger partial charge in [0.15, 0.2) is 0 Å². The Labute approximate surface area is 136 Å². The van der Waals surface area contributed by atoms with Gasteiger partial charge < -0.3 is 5.32 Å². The summed E-state index contributed by atoms with van der Waals surface area (Å²) < 4.78 is 1.77. The number of carbonyl (C=O) groups excluding carboxylic acids is 1. The Hall–Kier alpha value is -2.61. The van der Waals surface area contributed by atoms with Crippen LogP contribution in [0.1, 0.15) is 54.0 Å². The molecule has 0 atom stereocenters. The van der Waals surface area contributed by atoms with Gasteiger partial charge in [-0.3, -0.25) is 9.48 Å². The van der Waals surface area contributed by atoms with Crippen LogP contribution in [0.5, 0.6) is 0 Å². The average Bonchev–Trinajstić information content (AvgIpc) is 2.85. The fourth-order valence-corrected chi connectivity index (χ4v) is 2.62. The molecule has 0 fully saturated rings. The summed E-state index contributed by atoms with van der Waals surface area (Å²) in [6.45, 7) is 10.3. The van der Waals surface area contributed by atoms with Gasteiger partial charge in [-0.25, -0.2) is 0 Å². The van der Waals surface area contributed by atoms with E-state index < -0.39 is 0 Å². The van der Waals surface area contributed by atoms with E-state index in [1.54, 1.807) is 10.7 Å². The number of nitrogens with zero attached hydrogens (tertiary/aromatic N) is 3. The van der Waals surface area contributed by atoms with Crippen molar-refractivity contribution in [1.29, 1.82) is 5.26 Å². The maximum absolute atomic E-state index is 12.4. The Morgan fingerprint density at radius 2 is 2.09 bits per heavy atom. The molecule has 0 bridgehead atoms. The lowest BCUT2D eigenvalue weighted by molar-refractivity contribution is 0.0942. The molecule has 23 heavy (non-hydrogen) atoms. The standard InChI is InChI=1S/C18H22N4O/c1-6-20-18(23)17-13(5)16(21-22(17)11(2)3)14-7-8-15(10-19)12(4)9-14/h7-9,11H,6H2,1-5H3,(H,20,23). The van der Waals surface area contributed by atoms with Gasteiger partial charge in [-0.15, -0.1) is 0 Å². The lowest BCUT2D eigenvalue weighted by Gasteiger charge is -2.10. The molecule has 0 radical (unpaired) electrons. The minimum atomic E-state index is -0.109. The second-order valence-corrected chi connectivity index (χ2v) is 5.86. The highest BCUT2D eigenvalue weighted by Gasteiger charge is 2.22. The van der Waals surface area contributed by atoms with Crippen molar-refractivity contribution in [2.45, 2.75) is 40.7 Å². The average molecular weight is 310 g/mol. The number of benzene rings is 1. The molecule has 1 aromatic carbocycles. The van der Waals surface area contributed by atoms with Crippen LogP contribution >= 0.6 is 0 Å². The maximum Gasteiger partial charge on any atom is 0.269 e. The van der Waals surface area contributed by atoms with Crippen molar-refractivity contribution in [3.05, 3.63) is 40.6 Å². The summed E-state index contributed by atoms with van der Waals surface area (Å²) in [7, 11) is 0. The molecule has 0 aliphatic carbocycles. The highest BCUT2D eigenvalue weighted by Crippen LogP contribution is 2.28. The molecule has 1 aromatic heterocycles. The summed E-state index contributed by atoms with van der Waals surface area (Å²) in [4.78, 5) is 12.4. The van der Waals surface area contributed by atoms with Gasteiger partial charge in [0, 0.05) is 23.7 Å². The predicted molar refractivity (Wildman–Crippen MR) is 90.2 cm³/mol. The van der Waals surface area contributed by atoms with E-state index >= 15 is 0 Å².